The van der Waals surface area contributed by atoms with Crippen molar-refractivity contribution in [3.63, 3.8) is 0 Å². The third-order valence-electron chi connectivity index (χ3n) is 2.89. The maximum atomic E-state index is 6.27. The number of aromatic nitrogens is 3. The summed E-state index contributed by atoms with van der Waals surface area (Å²) in [6, 6.07) is 10.8. The van der Waals surface area contributed by atoms with Crippen molar-refractivity contribution in [1.29, 1.82) is 0 Å². The van der Waals surface area contributed by atoms with E-state index in [0.717, 1.165) is 11.1 Å². The summed E-state index contributed by atoms with van der Waals surface area (Å²) in [5, 5.41) is 1.23. The van der Waals surface area contributed by atoms with E-state index in [4.69, 9.17) is 34.8 Å². The van der Waals surface area contributed by atoms with Gasteiger partial charge in [-0.25, -0.2) is 9.97 Å². The van der Waals surface area contributed by atoms with Crippen LogP contribution < -0.4 is 0 Å². The average molecular weight is 337 g/mol. The van der Waals surface area contributed by atoms with Crippen LogP contribution in [0.3, 0.4) is 0 Å². The standard InChI is InChI=1S/C15H8Cl3N3/c16-11-3-1-9(2-4-11)12-13(17)20-15(21-14(12)18)10-5-7-19-8-6-10/h1-8H. The van der Waals surface area contributed by atoms with Gasteiger partial charge in [-0.2, -0.15) is 0 Å². The van der Waals surface area contributed by atoms with Crippen molar-refractivity contribution >= 4 is 34.8 Å². The molecule has 0 aliphatic heterocycles. The first-order chi connectivity index (χ1) is 10.1. The van der Waals surface area contributed by atoms with Crippen molar-refractivity contribution in [2.45, 2.75) is 0 Å². The molecule has 6 heteroatoms. The zero-order valence-electron chi connectivity index (χ0n) is 10.6. The molecule has 3 aromatic rings. The SMILES string of the molecule is Clc1ccc(-c2c(Cl)nc(-c3ccncc3)nc2Cl)cc1. The molecule has 104 valence electrons. The molecule has 0 bridgehead atoms. The molecule has 3 nitrogen and oxygen atoms in total. The van der Waals surface area contributed by atoms with Gasteiger partial charge in [0.2, 0.25) is 0 Å². The van der Waals surface area contributed by atoms with Crippen LogP contribution in [0.5, 0.6) is 0 Å². The number of hydrogen-bond donors (Lipinski definition) is 0. The topological polar surface area (TPSA) is 38.7 Å². The van der Waals surface area contributed by atoms with Gasteiger partial charge in [0.1, 0.15) is 10.3 Å². The van der Waals surface area contributed by atoms with Gasteiger partial charge in [-0.05, 0) is 29.8 Å². The Morgan fingerprint density at radius 3 is 1.81 bits per heavy atom. The summed E-state index contributed by atoms with van der Waals surface area (Å²) in [5.74, 6) is 0.463. The molecule has 0 radical (unpaired) electrons. The monoisotopic (exact) mass is 335 g/mol. The minimum Gasteiger partial charge on any atom is -0.265 e. The van der Waals surface area contributed by atoms with Crippen LogP contribution in [0.15, 0.2) is 48.8 Å². The van der Waals surface area contributed by atoms with Gasteiger partial charge in [0.05, 0.1) is 5.56 Å². The second-order valence-electron chi connectivity index (χ2n) is 4.25. The highest BCUT2D eigenvalue weighted by Crippen LogP contribution is 2.34. The summed E-state index contributed by atoms with van der Waals surface area (Å²) >= 11 is 18.4. The number of nitrogens with zero attached hydrogens (tertiary/aromatic N) is 3. The predicted molar refractivity (Wildman–Crippen MR) is 85.7 cm³/mol. The molecule has 21 heavy (non-hydrogen) atoms. The first kappa shape index (κ1) is 14.3. The van der Waals surface area contributed by atoms with E-state index in [1.807, 2.05) is 12.1 Å². The lowest BCUT2D eigenvalue weighted by molar-refractivity contribution is 1.17. The van der Waals surface area contributed by atoms with E-state index in [-0.39, 0.29) is 0 Å². The Balaban J connectivity index is 2.11. The fraction of sp³-hybridized carbons (Fsp3) is 0. The van der Waals surface area contributed by atoms with Gasteiger partial charge in [0.15, 0.2) is 5.82 Å². The molecule has 0 saturated heterocycles. The van der Waals surface area contributed by atoms with Crippen molar-refractivity contribution in [2.75, 3.05) is 0 Å². The molecule has 0 N–H and O–H groups in total. The lowest BCUT2D eigenvalue weighted by Crippen LogP contribution is -1.94. The molecule has 0 fully saturated rings. The van der Waals surface area contributed by atoms with Gasteiger partial charge in [0.25, 0.3) is 0 Å². The number of rotatable bonds is 2. The quantitative estimate of drug-likeness (QED) is 0.606. The molecule has 0 amide bonds. The fourth-order valence-corrected chi connectivity index (χ4v) is 2.62. The average Bonchev–Trinajstić information content (AvgIpc) is 2.49. The number of pyridine rings is 1. The molecule has 0 atom stereocenters. The Kier molecular flexibility index (Phi) is 4.06. The first-order valence-electron chi connectivity index (χ1n) is 6.04. The summed E-state index contributed by atoms with van der Waals surface area (Å²) in [7, 11) is 0. The zero-order valence-corrected chi connectivity index (χ0v) is 12.9. The van der Waals surface area contributed by atoms with Gasteiger partial charge in [0, 0.05) is 23.0 Å². The van der Waals surface area contributed by atoms with Gasteiger partial charge in [-0.15, -0.1) is 0 Å². The maximum absolute atomic E-state index is 6.27. The van der Waals surface area contributed by atoms with Gasteiger partial charge in [-0.3, -0.25) is 4.98 Å². The summed E-state index contributed by atoms with van der Waals surface area (Å²) in [6.45, 7) is 0. The molecule has 3 rings (SSSR count). The molecular formula is C15H8Cl3N3. The summed E-state index contributed by atoms with van der Waals surface area (Å²) < 4.78 is 0. The lowest BCUT2D eigenvalue weighted by atomic mass is 10.1. The van der Waals surface area contributed by atoms with Gasteiger partial charge >= 0.3 is 0 Å². The van der Waals surface area contributed by atoms with E-state index in [0.29, 0.717) is 26.7 Å². The zero-order chi connectivity index (χ0) is 14.8. The van der Waals surface area contributed by atoms with Crippen LogP contribution in [0.4, 0.5) is 0 Å². The summed E-state index contributed by atoms with van der Waals surface area (Å²) in [5.41, 5.74) is 2.21. The second kappa shape index (κ2) is 5.98. The van der Waals surface area contributed by atoms with E-state index < -0.39 is 0 Å². The van der Waals surface area contributed by atoms with Crippen molar-refractivity contribution in [2.24, 2.45) is 0 Å². The van der Waals surface area contributed by atoms with Crippen LogP contribution in [0.2, 0.25) is 15.3 Å². The van der Waals surface area contributed by atoms with Gasteiger partial charge in [-0.1, -0.05) is 46.9 Å². The van der Waals surface area contributed by atoms with Crippen molar-refractivity contribution in [3.8, 4) is 22.5 Å². The third-order valence-corrected chi connectivity index (χ3v) is 3.69. The number of hydrogen-bond acceptors (Lipinski definition) is 3. The van der Waals surface area contributed by atoms with E-state index >= 15 is 0 Å². The normalized spacial score (nSPS) is 10.6. The Hall–Kier alpha value is -1.68. The predicted octanol–water partition coefficient (Wildman–Crippen LogP) is 5.17. The Morgan fingerprint density at radius 1 is 0.667 bits per heavy atom. The summed E-state index contributed by atoms with van der Waals surface area (Å²) in [6.07, 6.45) is 3.32. The molecule has 0 aliphatic rings. The van der Waals surface area contributed by atoms with E-state index in [1.165, 1.54) is 0 Å². The van der Waals surface area contributed by atoms with Gasteiger partial charge < -0.3 is 0 Å². The Morgan fingerprint density at radius 2 is 1.24 bits per heavy atom. The van der Waals surface area contributed by atoms with Crippen LogP contribution in [0, 0.1) is 0 Å². The van der Waals surface area contributed by atoms with Crippen LogP contribution in [0.25, 0.3) is 22.5 Å². The highest BCUT2D eigenvalue weighted by atomic mass is 35.5. The van der Waals surface area contributed by atoms with E-state index in [1.54, 1.807) is 36.7 Å². The minimum absolute atomic E-state index is 0.295. The second-order valence-corrected chi connectivity index (χ2v) is 5.40. The Labute approximate surface area is 136 Å². The molecule has 0 aliphatic carbocycles. The lowest BCUT2D eigenvalue weighted by Gasteiger charge is -2.08. The largest absolute Gasteiger partial charge is 0.265 e. The molecule has 0 unspecified atom stereocenters. The maximum Gasteiger partial charge on any atom is 0.162 e. The smallest absolute Gasteiger partial charge is 0.162 e. The fourth-order valence-electron chi connectivity index (χ4n) is 1.89. The molecule has 1 aromatic carbocycles. The highest BCUT2D eigenvalue weighted by molar-refractivity contribution is 6.38. The van der Waals surface area contributed by atoms with Crippen molar-refractivity contribution < 1.29 is 0 Å². The van der Waals surface area contributed by atoms with Crippen molar-refractivity contribution in [1.82, 2.24) is 15.0 Å². The third kappa shape index (κ3) is 3.00. The molecule has 2 heterocycles. The van der Waals surface area contributed by atoms with Crippen LogP contribution >= 0.6 is 34.8 Å². The highest BCUT2D eigenvalue weighted by Gasteiger charge is 2.14. The number of halogens is 3. The number of benzene rings is 1. The summed E-state index contributed by atoms with van der Waals surface area (Å²) in [4.78, 5) is 12.6. The molecule has 2 aromatic heterocycles. The molecule has 0 spiro atoms. The minimum atomic E-state index is 0.295. The molecular weight excluding hydrogens is 329 g/mol. The van der Waals surface area contributed by atoms with E-state index in [9.17, 15) is 0 Å². The van der Waals surface area contributed by atoms with Crippen LogP contribution in [-0.4, -0.2) is 15.0 Å². The van der Waals surface area contributed by atoms with Crippen molar-refractivity contribution in [3.05, 3.63) is 64.1 Å². The van der Waals surface area contributed by atoms with Crippen LogP contribution in [0.1, 0.15) is 0 Å². The first-order valence-corrected chi connectivity index (χ1v) is 7.18. The van der Waals surface area contributed by atoms with E-state index in [2.05, 4.69) is 15.0 Å². The van der Waals surface area contributed by atoms with Crippen LogP contribution in [-0.2, 0) is 0 Å². The Bertz CT molecular complexity index is 751. The molecule has 0 saturated carbocycles.